The Morgan fingerprint density at radius 3 is 2.40 bits per heavy atom. The number of allylic oxidation sites excluding steroid dienone is 2. The number of Topliss-reactive ketones (excluding diaryl/α,β-unsaturated/α-hetero) is 1. The smallest absolute Gasteiger partial charge is 0.294 e. The van der Waals surface area contributed by atoms with E-state index < -0.39 is 34.3 Å². The normalized spacial score (nSPS) is 29.5. The molecule has 0 spiro atoms. The highest BCUT2D eigenvalue weighted by molar-refractivity contribution is 6.13. The summed E-state index contributed by atoms with van der Waals surface area (Å²) >= 11 is 0. The van der Waals surface area contributed by atoms with E-state index in [1.54, 1.807) is 0 Å². The molecule has 134 valence electrons. The van der Waals surface area contributed by atoms with Crippen molar-refractivity contribution in [1.82, 2.24) is 0 Å². The summed E-state index contributed by atoms with van der Waals surface area (Å²) in [5.74, 6) is -2.84. The molecule has 2 saturated carbocycles. The number of halogens is 4. The molecule has 0 N–H and O–H groups in total. The maximum absolute atomic E-state index is 13.7. The lowest BCUT2D eigenvalue weighted by Crippen LogP contribution is -2.32. The van der Waals surface area contributed by atoms with Crippen molar-refractivity contribution in [2.24, 2.45) is 16.7 Å². The lowest BCUT2D eigenvalue weighted by Gasteiger charge is -2.31. The molecule has 2 aliphatic carbocycles. The lowest BCUT2D eigenvalue weighted by atomic mass is 9.70. The van der Waals surface area contributed by atoms with Gasteiger partial charge in [-0.15, -0.1) is 0 Å². The zero-order chi connectivity index (χ0) is 18.8. The van der Waals surface area contributed by atoms with Crippen molar-refractivity contribution in [3.05, 3.63) is 46.8 Å². The van der Waals surface area contributed by atoms with Crippen molar-refractivity contribution < 1.29 is 27.2 Å². The molecule has 3 rings (SSSR count). The van der Waals surface area contributed by atoms with Gasteiger partial charge in [-0.2, -0.15) is 13.2 Å². The third-order valence-corrected chi connectivity index (χ3v) is 6.21. The molecule has 0 saturated heterocycles. The predicted molar refractivity (Wildman–Crippen MR) is 83.4 cm³/mol. The average molecular weight is 354 g/mol. The second-order valence-corrected chi connectivity index (χ2v) is 7.60. The Balaban J connectivity index is 2.07. The van der Waals surface area contributed by atoms with Crippen LogP contribution >= 0.6 is 0 Å². The highest BCUT2D eigenvalue weighted by Gasteiger charge is 2.64. The van der Waals surface area contributed by atoms with E-state index in [-0.39, 0.29) is 22.7 Å². The Kier molecular flexibility index (Phi) is 3.75. The molecule has 2 nitrogen and oxygen atoms in total. The van der Waals surface area contributed by atoms with Crippen LogP contribution in [0.25, 0.3) is 0 Å². The first-order valence-corrected chi connectivity index (χ1v) is 8.07. The van der Waals surface area contributed by atoms with Crippen LogP contribution in [0.1, 0.15) is 49.5 Å². The quantitative estimate of drug-likeness (QED) is 0.426. The fourth-order valence-corrected chi connectivity index (χ4v) is 4.33. The number of hydrogen-bond acceptors (Lipinski definition) is 2. The number of alkyl halides is 3. The summed E-state index contributed by atoms with van der Waals surface area (Å²) in [6.07, 6.45) is -2.59. The topological polar surface area (TPSA) is 34.1 Å². The third-order valence-electron chi connectivity index (χ3n) is 6.21. The molecule has 6 heteroatoms. The van der Waals surface area contributed by atoms with Crippen LogP contribution in [0.15, 0.2) is 29.8 Å². The van der Waals surface area contributed by atoms with Crippen LogP contribution < -0.4 is 0 Å². The van der Waals surface area contributed by atoms with Gasteiger partial charge in [-0.25, -0.2) is 4.39 Å². The van der Waals surface area contributed by atoms with Crippen molar-refractivity contribution in [2.75, 3.05) is 0 Å². The van der Waals surface area contributed by atoms with Gasteiger partial charge in [-0.05, 0) is 36.3 Å². The zero-order valence-electron chi connectivity index (χ0n) is 14.1. The molecular formula is C19H18F4O2. The number of rotatable bonds is 2. The number of ketones is 2. The first-order chi connectivity index (χ1) is 11.4. The number of hydrogen-bond donors (Lipinski definition) is 0. The molecule has 1 aromatic carbocycles. The second kappa shape index (κ2) is 5.26. The van der Waals surface area contributed by atoms with Crippen LogP contribution in [0.4, 0.5) is 17.6 Å². The fourth-order valence-electron chi connectivity index (χ4n) is 4.33. The third kappa shape index (κ3) is 2.37. The minimum Gasteiger partial charge on any atom is -0.294 e. The van der Waals surface area contributed by atoms with Gasteiger partial charge in [0, 0.05) is 16.6 Å². The molecule has 0 unspecified atom stereocenters. The second-order valence-electron chi connectivity index (χ2n) is 7.60. The molecule has 2 aliphatic rings. The van der Waals surface area contributed by atoms with E-state index in [2.05, 4.69) is 0 Å². The molecule has 0 amide bonds. The minimum absolute atomic E-state index is 0.170. The van der Waals surface area contributed by atoms with E-state index in [4.69, 9.17) is 0 Å². The zero-order valence-corrected chi connectivity index (χ0v) is 14.1. The molecule has 0 radical (unpaired) electrons. The Hall–Kier alpha value is -1.98. The van der Waals surface area contributed by atoms with Crippen molar-refractivity contribution in [1.29, 1.82) is 0 Å². The number of carbonyl (C=O) groups is 2. The molecule has 1 aromatic rings. The van der Waals surface area contributed by atoms with Gasteiger partial charge in [-0.3, -0.25) is 9.59 Å². The SMILES string of the molecule is CC1(C)[C@H]2CC[C@]1(C)C(=O)C2=CC(=O)c1cccc(F)c1C(F)(F)F. The molecule has 25 heavy (non-hydrogen) atoms. The van der Waals surface area contributed by atoms with Crippen LogP contribution in [0, 0.1) is 22.6 Å². The van der Waals surface area contributed by atoms with E-state index in [1.807, 2.05) is 20.8 Å². The van der Waals surface area contributed by atoms with E-state index in [1.165, 1.54) is 0 Å². The number of benzene rings is 1. The summed E-state index contributed by atoms with van der Waals surface area (Å²) in [6.45, 7) is 5.72. The first-order valence-electron chi connectivity index (χ1n) is 8.07. The largest absolute Gasteiger partial charge is 0.419 e. The van der Waals surface area contributed by atoms with Gasteiger partial charge in [0.25, 0.3) is 0 Å². The first kappa shape index (κ1) is 17.8. The molecular weight excluding hydrogens is 336 g/mol. The predicted octanol–water partition coefficient (Wildman–Crippen LogP) is 4.98. The van der Waals surface area contributed by atoms with E-state index >= 15 is 0 Å². The van der Waals surface area contributed by atoms with Crippen LogP contribution in [-0.4, -0.2) is 11.6 Å². The summed E-state index contributed by atoms with van der Waals surface area (Å²) < 4.78 is 53.0. The summed E-state index contributed by atoms with van der Waals surface area (Å²) in [6, 6.07) is 2.67. The Morgan fingerprint density at radius 2 is 1.88 bits per heavy atom. The minimum atomic E-state index is -4.99. The van der Waals surface area contributed by atoms with Crippen molar-refractivity contribution in [3.63, 3.8) is 0 Å². The number of fused-ring (bicyclic) bond motifs is 2. The molecule has 2 bridgehead atoms. The lowest BCUT2D eigenvalue weighted by molar-refractivity contribution is -0.140. The molecule has 0 heterocycles. The summed E-state index contributed by atoms with van der Waals surface area (Å²) in [5.41, 5.74) is -3.05. The van der Waals surface area contributed by atoms with Gasteiger partial charge in [-0.1, -0.05) is 32.9 Å². The summed E-state index contributed by atoms with van der Waals surface area (Å²) in [7, 11) is 0. The van der Waals surface area contributed by atoms with Gasteiger partial charge in [0.05, 0.1) is 0 Å². The fraction of sp³-hybridized carbons (Fsp3) is 0.474. The van der Waals surface area contributed by atoms with E-state index in [0.29, 0.717) is 18.9 Å². The van der Waals surface area contributed by atoms with Gasteiger partial charge in [0.1, 0.15) is 11.4 Å². The van der Waals surface area contributed by atoms with E-state index in [9.17, 15) is 27.2 Å². The standard InChI is InChI=1S/C19H18F4O2/c1-17(2)12-7-8-18(17,3)16(25)11(12)9-14(24)10-5-4-6-13(20)15(10)19(21,22)23/h4-6,9,12H,7-8H2,1-3H3/t12-,18+/m0/s1. The molecule has 0 aromatic heterocycles. The van der Waals surface area contributed by atoms with Crippen molar-refractivity contribution in [2.45, 2.75) is 39.8 Å². The molecule has 2 fully saturated rings. The Labute approximate surface area is 142 Å². The maximum Gasteiger partial charge on any atom is 0.419 e. The summed E-state index contributed by atoms with van der Waals surface area (Å²) in [5, 5.41) is 0. The molecule has 2 atom stereocenters. The van der Waals surface area contributed by atoms with Crippen molar-refractivity contribution in [3.8, 4) is 0 Å². The van der Waals surface area contributed by atoms with Gasteiger partial charge < -0.3 is 0 Å². The van der Waals surface area contributed by atoms with Crippen LogP contribution in [0.3, 0.4) is 0 Å². The van der Waals surface area contributed by atoms with Gasteiger partial charge in [0.2, 0.25) is 0 Å². The highest BCUT2D eigenvalue weighted by atomic mass is 19.4. The average Bonchev–Trinajstić information content (AvgIpc) is 2.79. The van der Waals surface area contributed by atoms with Gasteiger partial charge in [0.15, 0.2) is 11.6 Å². The Morgan fingerprint density at radius 1 is 1.24 bits per heavy atom. The van der Waals surface area contributed by atoms with Crippen LogP contribution in [-0.2, 0) is 11.0 Å². The Bertz CT molecular complexity index is 804. The monoisotopic (exact) mass is 354 g/mol. The van der Waals surface area contributed by atoms with Crippen LogP contribution in [0.2, 0.25) is 0 Å². The maximum atomic E-state index is 13.7. The van der Waals surface area contributed by atoms with Gasteiger partial charge >= 0.3 is 6.18 Å². The summed E-state index contributed by atoms with van der Waals surface area (Å²) in [4.78, 5) is 25.2. The van der Waals surface area contributed by atoms with Crippen molar-refractivity contribution >= 4 is 11.6 Å². The van der Waals surface area contributed by atoms with Crippen LogP contribution in [0.5, 0.6) is 0 Å². The molecule has 0 aliphatic heterocycles. The highest BCUT2D eigenvalue weighted by Crippen LogP contribution is 2.65. The van der Waals surface area contributed by atoms with E-state index in [0.717, 1.165) is 18.2 Å². The number of carbonyl (C=O) groups excluding carboxylic acids is 2.